The Morgan fingerprint density at radius 3 is 2.79 bits per heavy atom. The molecule has 3 heterocycles. The monoisotopic (exact) mass is 332 g/mol. The van der Waals surface area contributed by atoms with Gasteiger partial charge in [-0.25, -0.2) is 0 Å². The zero-order valence-electron chi connectivity index (χ0n) is 12.9. The van der Waals surface area contributed by atoms with Crippen LogP contribution in [0.2, 0.25) is 0 Å². The fraction of sp³-hybridized carbons (Fsp3) is 0.294. The van der Waals surface area contributed by atoms with Gasteiger partial charge in [-0.3, -0.25) is 0 Å². The summed E-state index contributed by atoms with van der Waals surface area (Å²) in [4.78, 5) is 0. The van der Waals surface area contributed by atoms with Crippen molar-refractivity contribution in [3.8, 4) is 28.7 Å². The van der Waals surface area contributed by atoms with E-state index in [1.54, 1.807) is 25.3 Å². The van der Waals surface area contributed by atoms with Crippen LogP contribution in [-0.4, -0.2) is 31.1 Å². The summed E-state index contributed by atoms with van der Waals surface area (Å²) >= 11 is 0. The molecule has 7 heteroatoms. The summed E-state index contributed by atoms with van der Waals surface area (Å²) in [6.45, 7) is 0.257. The number of hydrogen-bond acceptors (Lipinski definition) is 6. The molecule has 5 rings (SSSR count). The van der Waals surface area contributed by atoms with Gasteiger partial charge < -0.3 is 34.3 Å². The Kier molecular flexibility index (Phi) is 3.06. The third-order valence-corrected chi connectivity index (χ3v) is 4.58. The van der Waals surface area contributed by atoms with Gasteiger partial charge in [0.1, 0.15) is 18.1 Å². The molecule has 0 aliphatic carbocycles. The number of methoxy groups -OCH3 is 1. The normalized spacial score (nSPS) is 24.7. The van der Waals surface area contributed by atoms with Gasteiger partial charge in [-0.1, -0.05) is 0 Å². The molecule has 0 unspecified atom stereocenters. The van der Waals surface area contributed by atoms with Crippen molar-refractivity contribution in [2.24, 2.45) is 0 Å². The van der Waals surface area contributed by atoms with Crippen molar-refractivity contribution in [1.29, 1.82) is 0 Å². The van der Waals surface area contributed by atoms with Crippen molar-refractivity contribution in [2.45, 2.75) is 11.7 Å². The van der Waals surface area contributed by atoms with Crippen LogP contribution in [0, 0.1) is 0 Å². The summed E-state index contributed by atoms with van der Waals surface area (Å²) < 4.78 is 28.0. The molecule has 0 amide bonds. The van der Waals surface area contributed by atoms with Crippen molar-refractivity contribution in [3.05, 3.63) is 41.5 Å². The Morgan fingerprint density at radius 2 is 1.96 bits per heavy atom. The summed E-state index contributed by atoms with van der Waals surface area (Å²) in [7, 11) is 1.60. The van der Waals surface area contributed by atoms with Crippen LogP contribution >= 0.6 is 0 Å². The van der Waals surface area contributed by atoms with Crippen LogP contribution < -0.4 is 23.7 Å². The highest BCUT2D eigenvalue weighted by Gasteiger charge is 2.54. The van der Waals surface area contributed by atoms with Gasteiger partial charge in [0.2, 0.25) is 12.5 Å². The Bertz CT molecular complexity index is 819. The van der Waals surface area contributed by atoms with Gasteiger partial charge >= 0.3 is 0 Å². The van der Waals surface area contributed by atoms with E-state index in [0.29, 0.717) is 34.3 Å². The second-order valence-corrected chi connectivity index (χ2v) is 5.79. The molecular weight excluding hydrogens is 316 g/mol. The quantitative estimate of drug-likeness (QED) is 0.845. The summed E-state index contributed by atoms with van der Waals surface area (Å²) in [5, 5.41) is 11.2. The Labute approximate surface area is 137 Å². The first-order valence-electron chi connectivity index (χ1n) is 7.33. The van der Waals surface area contributed by atoms with Crippen LogP contribution in [0.4, 0.5) is 0 Å². The van der Waals surface area contributed by atoms with Crippen molar-refractivity contribution < 1.29 is 34.3 Å². The molecule has 3 N–H and O–H groups in total. The molecule has 0 fully saturated rings. The van der Waals surface area contributed by atoms with Crippen molar-refractivity contribution >= 4 is 0 Å². The minimum absolute atomic E-state index is 0. The summed E-state index contributed by atoms with van der Waals surface area (Å²) in [6, 6.07) is 9.07. The number of rotatable bonds is 1. The molecule has 0 radical (unpaired) electrons. The maximum Gasteiger partial charge on any atom is 0.231 e. The molecule has 0 saturated carbocycles. The summed E-state index contributed by atoms with van der Waals surface area (Å²) in [5.74, 6) is 3.05. The average Bonchev–Trinajstić information content (AvgIpc) is 3.16. The highest BCUT2D eigenvalue weighted by molar-refractivity contribution is 5.62. The Hall–Kier alpha value is -2.64. The highest BCUT2D eigenvalue weighted by Crippen LogP contribution is 2.59. The molecule has 2 atom stereocenters. The predicted octanol–water partition coefficient (Wildman–Crippen LogP) is 1.31. The Morgan fingerprint density at radius 1 is 1.08 bits per heavy atom. The molecule has 24 heavy (non-hydrogen) atoms. The summed E-state index contributed by atoms with van der Waals surface area (Å²) in [5.41, 5.74) is 0.189. The zero-order chi connectivity index (χ0) is 15.6. The number of aliphatic hydroxyl groups is 1. The van der Waals surface area contributed by atoms with Crippen LogP contribution in [0.25, 0.3) is 0 Å². The van der Waals surface area contributed by atoms with Crippen LogP contribution in [0.1, 0.15) is 17.2 Å². The highest BCUT2D eigenvalue weighted by atomic mass is 16.7. The maximum atomic E-state index is 11.2. The predicted molar refractivity (Wildman–Crippen MR) is 81.9 cm³/mol. The first-order valence-corrected chi connectivity index (χ1v) is 7.33. The van der Waals surface area contributed by atoms with E-state index in [2.05, 4.69) is 0 Å². The van der Waals surface area contributed by atoms with E-state index in [4.69, 9.17) is 23.7 Å². The average molecular weight is 332 g/mol. The largest absolute Gasteiger partial charge is 0.497 e. The molecule has 126 valence electrons. The van der Waals surface area contributed by atoms with E-state index in [0.717, 1.165) is 5.56 Å². The van der Waals surface area contributed by atoms with Crippen molar-refractivity contribution in [1.82, 2.24) is 0 Å². The fourth-order valence-electron chi connectivity index (χ4n) is 3.41. The lowest BCUT2D eigenvalue weighted by Crippen LogP contribution is -2.41. The van der Waals surface area contributed by atoms with Gasteiger partial charge in [-0.15, -0.1) is 0 Å². The molecule has 7 nitrogen and oxygen atoms in total. The van der Waals surface area contributed by atoms with E-state index < -0.39 is 11.7 Å². The van der Waals surface area contributed by atoms with Gasteiger partial charge in [0.15, 0.2) is 23.2 Å². The Balaban J connectivity index is 0.00000146. The smallest absolute Gasteiger partial charge is 0.231 e. The number of benzene rings is 2. The maximum absolute atomic E-state index is 11.2. The lowest BCUT2D eigenvalue weighted by Gasteiger charge is -2.34. The third kappa shape index (κ3) is 1.73. The van der Waals surface area contributed by atoms with Crippen LogP contribution in [-0.2, 0) is 5.60 Å². The lowest BCUT2D eigenvalue weighted by atomic mass is 9.85. The van der Waals surface area contributed by atoms with Gasteiger partial charge in [-0.2, -0.15) is 0 Å². The molecule has 3 aliphatic rings. The van der Waals surface area contributed by atoms with E-state index in [1.165, 1.54) is 0 Å². The van der Waals surface area contributed by atoms with Gasteiger partial charge in [0, 0.05) is 17.2 Å². The second kappa shape index (κ2) is 4.93. The number of hydrogen-bond donors (Lipinski definition) is 1. The molecule has 2 aromatic carbocycles. The van der Waals surface area contributed by atoms with E-state index >= 15 is 0 Å². The SMILES string of the molecule is COc1ccc2c(c1)OC[C@]1(O)c3ccc4c(c3O[C@H]21)OCO4.O. The van der Waals surface area contributed by atoms with E-state index in [9.17, 15) is 5.11 Å². The van der Waals surface area contributed by atoms with Crippen LogP contribution in [0.3, 0.4) is 0 Å². The van der Waals surface area contributed by atoms with Gasteiger partial charge in [-0.05, 0) is 24.3 Å². The van der Waals surface area contributed by atoms with Crippen LogP contribution in [0.15, 0.2) is 30.3 Å². The number of ether oxygens (including phenoxy) is 5. The van der Waals surface area contributed by atoms with Crippen LogP contribution in [0.5, 0.6) is 28.7 Å². The van der Waals surface area contributed by atoms with Gasteiger partial charge in [0.25, 0.3) is 0 Å². The summed E-state index contributed by atoms with van der Waals surface area (Å²) in [6.07, 6.45) is -0.553. The molecule has 2 aromatic rings. The van der Waals surface area contributed by atoms with Crippen molar-refractivity contribution in [2.75, 3.05) is 20.5 Å². The molecule has 0 saturated heterocycles. The molecule has 0 aromatic heterocycles. The van der Waals surface area contributed by atoms with Gasteiger partial charge in [0.05, 0.1) is 7.11 Å². The molecule has 3 aliphatic heterocycles. The first kappa shape index (κ1) is 14.9. The lowest BCUT2D eigenvalue weighted by molar-refractivity contribution is -0.0866. The molecule has 0 bridgehead atoms. The van der Waals surface area contributed by atoms with Crippen molar-refractivity contribution in [3.63, 3.8) is 0 Å². The van der Waals surface area contributed by atoms with E-state index in [-0.39, 0.29) is 18.9 Å². The second-order valence-electron chi connectivity index (χ2n) is 5.79. The first-order chi connectivity index (χ1) is 11.2. The zero-order valence-corrected chi connectivity index (χ0v) is 12.9. The fourth-order valence-corrected chi connectivity index (χ4v) is 3.41. The minimum atomic E-state index is -1.25. The minimum Gasteiger partial charge on any atom is -0.497 e. The van der Waals surface area contributed by atoms with E-state index in [1.807, 2.05) is 12.1 Å². The standard InChI is InChI=1S/C17H14O6.H2O/c1-19-9-2-3-10-13(6-9)20-7-17(18)11-4-5-12-15(22-8-21-12)14(11)23-16(10)17;/h2-6,16,18H,7-8H2,1H3;1H2/t16-,17+;/m1./s1. The topological polar surface area (TPSA) is 97.9 Å². The molecule has 0 spiro atoms. The molecular formula is C17H16O7. The number of fused-ring (bicyclic) bond motifs is 7. The third-order valence-electron chi connectivity index (χ3n) is 4.58.